The molecule has 4 atom stereocenters. The number of halogens is 1. The molecule has 3 unspecified atom stereocenters. The van der Waals surface area contributed by atoms with Gasteiger partial charge in [-0.05, 0) is 55.2 Å². The number of hydrogen-bond donors (Lipinski definition) is 1. The summed E-state index contributed by atoms with van der Waals surface area (Å²) in [5.74, 6) is 0.766. The third kappa shape index (κ3) is 2.09. The van der Waals surface area contributed by atoms with E-state index in [0.717, 1.165) is 12.0 Å². The van der Waals surface area contributed by atoms with Gasteiger partial charge < -0.3 is 10.5 Å². The van der Waals surface area contributed by atoms with Crippen molar-refractivity contribution in [2.45, 2.75) is 59.1 Å². The highest BCUT2D eigenvalue weighted by molar-refractivity contribution is 5.31. The zero-order valence-electron chi connectivity index (χ0n) is 13.4. The molecule has 2 aliphatic rings. The minimum Gasteiger partial charge on any atom is -0.487 e. The average molecular weight is 291 g/mol. The van der Waals surface area contributed by atoms with Gasteiger partial charge in [0.1, 0.15) is 6.10 Å². The van der Waals surface area contributed by atoms with E-state index in [-0.39, 0.29) is 28.8 Å². The molecule has 3 rings (SSSR count). The Morgan fingerprint density at radius 2 is 2.05 bits per heavy atom. The Bertz CT molecular complexity index is 554. The lowest BCUT2D eigenvalue weighted by molar-refractivity contribution is 0.0278. The summed E-state index contributed by atoms with van der Waals surface area (Å²) in [5.41, 5.74) is 7.02. The van der Waals surface area contributed by atoms with Gasteiger partial charge in [0.05, 0.1) is 0 Å². The molecule has 116 valence electrons. The van der Waals surface area contributed by atoms with E-state index in [1.165, 1.54) is 18.9 Å². The van der Waals surface area contributed by atoms with Crippen molar-refractivity contribution in [3.63, 3.8) is 0 Å². The molecule has 0 heterocycles. The normalized spacial score (nSPS) is 35.0. The summed E-state index contributed by atoms with van der Waals surface area (Å²) in [6.07, 6.45) is 3.60. The molecule has 3 heteroatoms. The summed E-state index contributed by atoms with van der Waals surface area (Å²) in [6, 6.07) is 4.94. The van der Waals surface area contributed by atoms with Gasteiger partial charge in [-0.2, -0.15) is 0 Å². The van der Waals surface area contributed by atoms with Crippen LogP contribution < -0.4 is 10.5 Å². The second-order valence-electron chi connectivity index (χ2n) is 7.70. The maximum Gasteiger partial charge on any atom is 0.165 e. The third-order valence-corrected chi connectivity index (χ3v) is 6.46. The van der Waals surface area contributed by atoms with Crippen molar-refractivity contribution >= 4 is 0 Å². The van der Waals surface area contributed by atoms with E-state index in [0.29, 0.717) is 11.7 Å². The second-order valence-corrected chi connectivity index (χ2v) is 7.70. The molecule has 2 saturated carbocycles. The van der Waals surface area contributed by atoms with Crippen LogP contribution in [0.5, 0.6) is 5.75 Å². The number of nitrogens with two attached hydrogens (primary N) is 1. The van der Waals surface area contributed by atoms with Crippen LogP contribution in [0, 0.1) is 22.6 Å². The molecular formula is C18H26FNO. The van der Waals surface area contributed by atoms with Gasteiger partial charge in [0.25, 0.3) is 0 Å². The van der Waals surface area contributed by atoms with Gasteiger partial charge in [0, 0.05) is 11.5 Å². The van der Waals surface area contributed by atoms with Crippen molar-refractivity contribution in [2.24, 2.45) is 22.5 Å². The lowest BCUT2D eigenvalue weighted by atomic mass is 9.70. The Hall–Kier alpha value is -1.09. The second kappa shape index (κ2) is 4.70. The first kappa shape index (κ1) is 14.8. The van der Waals surface area contributed by atoms with E-state index in [1.54, 1.807) is 6.07 Å². The summed E-state index contributed by atoms with van der Waals surface area (Å²) >= 11 is 0. The van der Waals surface area contributed by atoms with E-state index < -0.39 is 0 Å². The molecule has 1 aromatic rings. The van der Waals surface area contributed by atoms with Crippen LogP contribution in [-0.2, 0) is 0 Å². The molecule has 2 fully saturated rings. The van der Waals surface area contributed by atoms with Crippen LogP contribution >= 0.6 is 0 Å². The minimum absolute atomic E-state index is 0.113. The number of rotatable bonds is 3. The standard InChI is InChI=1S/C18H26FNO/c1-11(20)12-5-6-15(14(19)9-12)21-16-10-13-7-8-18(16,4)17(13,2)3/h5-6,9,11,13,16H,7-8,10,20H2,1-4H3/t11-,13?,16?,18?/m1/s1. The Morgan fingerprint density at radius 3 is 2.52 bits per heavy atom. The third-order valence-electron chi connectivity index (χ3n) is 6.46. The highest BCUT2D eigenvalue weighted by atomic mass is 19.1. The fraction of sp³-hybridized carbons (Fsp3) is 0.667. The van der Waals surface area contributed by atoms with Crippen molar-refractivity contribution in [2.75, 3.05) is 0 Å². The fourth-order valence-electron chi connectivity index (χ4n) is 4.36. The summed E-state index contributed by atoms with van der Waals surface area (Å²) in [7, 11) is 0. The number of benzene rings is 1. The molecule has 0 saturated heterocycles. The van der Waals surface area contributed by atoms with E-state index >= 15 is 0 Å². The predicted octanol–water partition coefficient (Wildman–Crippen LogP) is 4.44. The van der Waals surface area contributed by atoms with Gasteiger partial charge in [-0.1, -0.05) is 26.8 Å². The van der Waals surface area contributed by atoms with Crippen LogP contribution in [0.3, 0.4) is 0 Å². The highest BCUT2D eigenvalue weighted by Crippen LogP contribution is 2.66. The SMILES string of the molecule is C[C@@H](N)c1ccc(OC2CC3CCC2(C)C3(C)C)c(F)c1. The van der Waals surface area contributed by atoms with E-state index in [9.17, 15) is 4.39 Å². The Morgan fingerprint density at radius 1 is 1.33 bits per heavy atom. The maximum atomic E-state index is 14.2. The predicted molar refractivity (Wildman–Crippen MR) is 82.6 cm³/mol. The highest BCUT2D eigenvalue weighted by Gasteiger charge is 2.62. The van der Waals surface area contributed by atoms with E-state index in [2.05, 4.69) is 20.8 Å². The van der Waals surface area contributed by atoms with Gasteiger partial charge in [0.15, 0.2) is 11.6 Å². The average Bonchev–Trinajstić information content (AvgIpc) is 2.74. The quantitative estimate of drug-likeness (QED) is 0.893. The van der Waals surface area contributed by atoms with Gasteiger partial charge >= 0.3 is 0 Å². The summed E-state index contributed by atoms with van der Waals surface area (Å²) in [4.78, 5) is 0. The fourth-order valence-corrected chi connectivity index (χ4v) is 4.36. The minimum atomic E-state index is -0.297. The van der Waals surface area contributed by atoms with E-state index in [4.69, 9.17) is 10.5 Å². The zero-order chi connectivity index (χ0) is 15.4. The number of hydrogen-bond acceptors (Lipinski definition) is 2. The molecule has 2 bridgehead atoms. The van der Waals surface area contributed by atoms with Crippen LogP contribution in [0.15, 0.2) is 18.2 Å². The molecule has 1 aromatic carbocycles. The first-order valence-corrected chi connectivity index (χ1v) is 7.97. The molecule has 0 amide bonds. The smallest absolute Gasteiger partial charge is 0.165 e. The van der Waals surface area contributed by atoms with Crippen LogP contribution in [0.4, 0.5) is 4.39 Å². The van der Waals surface area contributed by atoms with E-state index in [1.807, 2.05) is 13.0 Å². The van der Waals surface area contributed by atoms with Gasteiger partial charge in [0.2, 0.25) is 0 Å². The molecule has 21 heavy (non-hydrogen) atoms. The van der Waals surface area contributed by atoms with Crippen molar-refractivity contribution in [1.82, 2.24) is 0 Å². The largest absolute Gasteiger partial charge is 0.487 e. The Labute approximate surface area is 126 Å². The van der Waals surface area contributed by atoms with Gasteiger partial charge in [-0.15, -0.1) is 0 Å². The Balaban J connectivity index is 1.83. The first-order chi connectivity index (χ1) is 9.75. The molecule has 2 nitrogen and oxygen atoms in total. The molecule has 0 radical (unpaired) electrons. The summed E-state index contributed by atoms with van der Waals surface area (Å²) < 4.78 is 20.3. The molecule has 2 N–H and O–H groups in total. The zero-order valence-corrected chi connectivity index (χ0v) is 13.4. The Kier molecular flexibility index (Phi) is 3.32. The molecule has 0 aliphatic heterocycles. The lowest BCUT2D eigenvalue weighted by Crippen LogP contribution is -2.39. The first-order valence-electron chi connectivity index (χ1n) is 7.97. The molecule has 0 spiro atoms. The number of fused-ring (bicyclic) bond motifs is 2. The van der Waals surface area contributed by atoms with Crippen molar-refractivity contribution in [1.29, 1.82) is 0 Å². The van der Waals surface area contributed by atoms with Crippen LogP contribution in [0.2, 0.25) is 0 Å². The maximum absolute atomic E-state index is 14.2. The lowest BCUT2D eigenvalue weighted by Gasteiger charge is -2.38. The summed E-state index contributed by atoms with van der Waals surface area (Å²) in [6.45, 7) is 8.83. The number of ether oxygens (including phenoxy) is 1. The summed E-state index contributed by atoms with van der Waals surface area (Å²) in [5, 5.41) is 0. The molecule has 0 aromatic heterocycles. The van der Waals surface area contributed by atoms with Crippen LogP contribution in [0.1, 0.15) is 58.6 Å². The van der Waals surface area contributed by atoms with Crippen LogP contribution in [0.25, 0.3) is 0 Å². The topological polar surface area (TPSA) is 35.2 Å². The van der Waals surface area contributed by atoms with Crippen molar-refractivity contribution < 1.29 is 9.13 Å². The molecule has 2 aliphatic carbocycles. The van der Waals surface area contributed by atoms with Gasteiger partial charge in [-0.25, -0.2) is 4.39 Å². The monoisotopic (exact) mass is 291 g/mol. The van der Waals surface area contributed by atoms with Crippen LogP contribution in [-0.4, -0.2) is 6.10 Å². The van der Waals surface area contributed by atoms with Crippen molar-refractivity contribution in [3.05, 3.63) is 29.6 Å². The van der Waals surface area contributed by atoms with Gasteiger partial charge in [-0.3, -0.25) is 0 Å². The molecular weight excluding hydrogens is 265 g/mol. The van der Waals surface area contributed by atoms with Crippen molar-refractivity contribution in [3.8, 4) is 5.75 Å².